The number of benzene rings is 1. The van der Waals surface area contributed by atoms with Crippen molar-refractivity contribution in [3.8, 4) is 0 Å². The minimum atomic E-state index is 0.164. The van der Waals surface area contributed by atoms with Gasteiger partial charge in [-0.3, -0.25) is 4.90 Å². The number of rotatable bonds is 7. The Labute approximate surface area is 114 Å². The lowest BCUT2D eigenvalue weighted by Crippen LogP contribution is -2.26. The zero-order valence-corrected chi connectivity index (χ0v) is 11.5. The molecule has 0 unspecified atom stereocenters. The lowest BCUT2D eigenvalue weighted by molar-refractivity contribution is 0.250. The van der Waals surface area contributed by atoms with Gasteiger partial charge in [-0.25, -0.2) is 0 Å². The molecule has 1 saturated carbocycles. The van der Waals surface area contributed by atoms with Crippen LogP contribution in [-0.4, -0.2) is 28.5 Å². The average Bonchev–Trinajstić information content (AvgIpc) is 3.28. The Morgan fingerprint density at radius 3 is 2.58 bits per heavy atom. The summed E-state index contributed by atoms with van der Waals surface area (Å²) in [6.07, 6.45) is 5.18. The summed E-state index contributed by atoms with van der Waals surface area (Å²) in [5.41, 5.74) is 7.61. The molecule has 0 saturated heterocycles. The normalized spacial score (nSPS) is 16.0. The van der Waals surface area contributed by atoms with E-state index in [9.17, 15) is 0 Å². The van der Waals surface area contributed by atoms with Crippen LogP contribution in [0.4, 0.5) is 0 Å². The fourth-order valence-corrected chi connectivity index (χ4v) is 2.26. The lowest BCUT2D eigenvalue weighted by atomic mass is 10.1. The van der Waals surface area contributed by atoms with Crippen molar-refractivity contribution in [3.63, 3.8) is 0 Å². The Hall–Kier alpha value is -1.55. The second kappa shape index (κ2) is 6.57. The monoisotopic (exact) mass is 261 g/mol. The van der Waals surface area contributed by atoms with Gasteiger partial charge in [0.05, 0.1) is 0 Å². The van der Waals surface area contributed by atoms with E-state index in [0.29, 0.717) is 0 Å². The molecule has 0 spiro atoms. The summed E-state index contributed by atoms with van der Waals surface area (Å²) in [5.74, 6) is 0.164. The van der Waals surface area contributed by atoms with Gasteiger partial charge < -0.3 is 10.9 Å². The third-order valence-electron chi connectivity index (χ3n) is 3.61. The fourth-order valence-electron chi connectivity index (χ4n) is 2.26. The quantitative estimate of drug-likeness (QED) is 0.343. The van der Waals surface area contributed by atoms with Crippen LogP contribution < -0.4 is 5.73 Å². The van der Waals surface area contributed by atoms with Crippen LogP contribution in [0, 0.1) is 0 Å². The fraction of sp³-hybridized carbons (Fsp3) is 0.533. The molecule has 1 aliphatic rings. The molecule has 1 aromatic carbocycles. The average molecular weight is 261 g/mol. The Kier molecular flexibility index (Phi) is 4.80. The van der Waals surface area contributed by atoms with Crippen molar-refractivity contribution < 1.29 is 5.21 Å². The Morgan fingerprint density at radius 2 is 2.05 bits per heavy atom. The van der Waals surface area contributed by atoms with Crippen molar-refractivity contribution >= 4 is 5.84 Å². The number of hydrogen-bond donors (Lipinski definition) is 2. The topological polar surface area (TPSA) is 61.8 Å². The van der Waals surface area contributed by atoms with Crippen molar-refractivity contribution in [2.45, 2.75) is 45.2 Å². The maximum absolute atomic E-state index is 8.64. The SMILES string of the molecule is CCCCN(Cc1ccc(C(N)=NO)cc1)C1CC1. The van der Waals surface area contributed by atoms with Crippen LogP contribution in [0.2, 0.25) is 0 Å². The molecule has 4 heteroatoms. The minimum absolute atomic E-state index is 0.164. The smallest absolute Gasteiger partial charge is 0.170 e. The van der Waals surface area contributed by atoms with E-state index < -0.39 is 0 Å². The highest BCUT2D eigenvalue weighted by Crippen LogP contribution is 2.28. The highest BCUT2D eigenvalue weighted by molar-refractivity contribution is 5.96. The van der Waals surface area contributed by atoms with Crippen molar-refractivity contribution in [2.75, 3.05) is 6.54 Å². The van der Waals surface area contributed by atoms with Gasteiger partial charge in [0.2, 0.25) is 0 Å². The molecule has 4 nitrogen and oxygen atoms in total. The first-order valence-corrected chi connectivity index (χ1v) is 7.05. The summed E-state index contributed by atoms with van der Waals surface area (Å²) in [6.45, 7) is 4.42. The van der Waals surface area contributed by atoms with Crippen LogP contribution >= 0.6 is 0 Å². The van der Waals surface area contributed by atoms with E-state index in [1.54, 1.807) is 0 Å². The zero-order valence-electron chi connectivity index (χ0n) is 11.5. The standard InChI is InChI=1S/C15H23N3O/c1-2-3-10-18(14-8-9-14)11-12-4-6-13(7-5-12)15(16)17-19/h4-7,14,19H,2-3,8-11H2,1H3,(H2,16,17). The molecule has 2 rings (SSSR count). The minimum Gasteiger partial charge on any atom is -0.409 e. The molecule has 19 heavy (non-hydrogen) atoms. The summed E-state index contributed by atoms with van der Waals surface area (Å²) in [6, 6.07) is 8.74. The zero-order chi connectivity index (χ0) is 13.7. The van der Waals surface area contributed by atoms with Gasteiger partial charge >= 0.3 is 0 Å². The maximum atomic E-state index is 8.64. The molecule has 0 atom stereocenters. The van der Waals surface area contributed by atoms with Gasteiger partial charge in [0, 0.05) is 18.2 Å². The molecule has 1 aliphatic carbocycles. The van der Waals surface area contributed by atoms with E-state index >= 15 is 0 Å². The van der Waals surface area contributed by atoms with Crippen LogP contribution in [0.3, 0.4) is 0 Å². The van der Waals surface area contributed by atoms with E-state index in [0.717, 1.165) is 18.2 Å². The molecule has 1 aromatic rings. The third kappa shape index (κ3) is 3.96. The number of unbranched alkanes of at least 4 members (excludes halogenated alkanes) is 1. The van der Waals surface area contributed by atoms with Crippen molar-refractivity contribution in [1.82, 2.24) is 4.90 Å². The van der Waals surface area contributed by atoms with E-state index in [1.165, 1.54) is 37.8 Å². The Bertz CT molecular complexity index is 424. The third-order valence-corrected chi connectivity index (χ3v) is 3.61. The molecule has 3 N–H and O–H groups in total. The number of nitrogens with two attached hydrogens (primary N) is 1. The second-order valence-corrected chi connectivity index (χ2v) is 5.24. The van der Waals surface area contributed by atoms with Crippen LogP contribution in [0.15, 0.2) is 29.4 Å². The summed E-state index contributed by atoms with van der Waals surface area (Å²) in [5, 5.41) is 11.6. The summed E-state index contributed by atoms with van der Waals surface area (Å²) in [7, 11) is 0. The van der Waals surface area contributed by atoms with Gasteiger partial charge in [0.15, 0.2) is 5.84 Å². The van der Waals surface area contributed by atoms with Gasteiger partial charge in [0.1, 0.15) is 0 Å². The first-order chi connectivity index (χ1) is 9.24. The van der Waals surface area contributed by atoms with Crippen LogP contribution in [0.5, 0.6) is 0 Å². The van der Waals surface area contributed by atoms with E-state index in [2.05, 4.69) is 29.1 Å². The highest BCUT2D eigenvalue weighted by atomic mass is 16.4. The van der Waals surface area contributed by atoms with Gasteiger partial charge in [0.25, 0.3) is 0 Å². The molecule has 0 aromatic heterocycles. The molecule has 0 heterocycles. The van der Waals surface area contributed by atoms with Crippen LogP contribution in [0.25, 0.3) is 0 Å². The molecular weight excluding hydrogens is 238 g/mol. The van der Waals surface area contributed by atoms with Crippen LogP contribution in [0.1, 0.15) is 43.7 Å². The maximum Gasteiger partial charge on any atom is 0.170 e. The largest absolute Gasteiger partial charge is 0.409 e. The van der Waals surface area contributed by atoms with E-state index in [4.69, 9.17) is 10.9 Å². The van der Waals surface area contributed by atoms with E-state index in [-0.39, 0.29) is 5.84 Å². The predicted molar refractivity (Wildman–Crippen MR) is 77.3 cm³/mol. The molecule has 0 aliphatic heterocycles. The number of nitrogens with zero attached hydrogens (tertiary/aromatic N) is 2. The second-order valence-electron chi connectivity index (χ2n) is 5.24. The number of oxime groups is 1. The first kappa shape index (κ1) is 13.9. The molecule has 1 fully saturated rings. The summed E-state index contributed by atoms with van der Waals surface area (Å²) >= 11 is 0. The molecule has 0 amide bonds. The Morgan fingerprint density at radius 1 is 1.37 bits per heavy atom. The van der Waals surface area contributed by atoms with Crippen molar-refractivity contribution in [1.29, 1.82) is 0 Å². The number of hydrogen-bond acceptors (Lipinski definition) is 3. The number of amidine groups is 1. The van der Waals surface area contributed by atoms with Gasteiger partial charge in [-0.2, -0.15) is 0 Å². The molecular formula is C15H23N3O. The van der Waals surface area contributed by atoms with Crippen molar-refractivity contribution in [3.05, 3.63) is 35.4 Å². The molecule has 104 valence electrons. The molecule has 0 radical (unpaired) electrons. The Balaban J connectivity index is 1.97. The summed E-state index contributed by atoms with van der Waals surface area (Å²) in [4.78, 5) is 2.57. The van der Waals surface area contributed by atoms with Gasteiger partial charge in [-0.1, -0.05) is 42.8 Å². The highest BCUT2D eigenvalue weighted by Gasteiger charge is 2.28. The van der Waals surface area contributed by atoms with Crippen LogP contribution in [-0.2, 0) is 6.54 Å². The summed E-state index contributed by atoms with van der Waals surface area (Å²) < 4.78 is 0. The molecule has 0 bridgehead atoms. The lowest BCUT2D eigenvalue weighted by Gasteiger charge is -2.21. The van der Waals surface area contributed by atoms with E-state index in [1.807, 2.05) is 12.1 Å². The van der Waals surface area contributed by atoms with Crippen molar-refractivity contribution in [2.24, 2.45) is 10.9 Å². The van der Waals surface area contributed by atoms with Gasteiger partial charge in [-0.05, 0) is 31.4 Å². The predicted octanol–water partition coefficient (Wildman–Crippen LogP) is 2.55. The van der Waals surface area contributed by atoms with Gasteiger partial charge in [-0.15, -0.1) is 0 Å². The first-order valence-electron chi connectivity index (χ1n) is 7.05.